The molecule has 47 heavy (non-hydrogen) atoms. The molecule has 0 radical (unpaired) electrons. The zero-order valence-corrected chi connectivity index (χ0v) is 28.0. The number of rotatable bonds is 22. The van der Waals surface area contributed by atoms with Crippen LogP contribution in [0.3, 0.4) is 0 Å². The van der Waals surface area contributed by atoms with Crippen LogP contribution < -0.4 is 9.47 Å². The Balaban J connectivity index is 1.28. The molecule has 3 aromatic rings. The standard InChI is InChI=1S/C40H50O7/c1-4-31(3)30-46-39(42)34-18-16-32(17-19-34)33-20-26-37(27-21-33)47-40(43)35-22-24-36(25-23-35)44-28-14-12-10-8-6-7-9-11-13-15-29-45-38(41)5-2/h5,16-27,31H,2,4,6-15,28-30H2,1,3H3. The lowest BCUT2D eigenvalue weighted by molar-refractivity contribution is -0.137. The molecular formula is C40H50O7. The van der Waals surface area contributed by atoms with Gasteiger partial charge in [0.15, 0.2) is 0 Å². The summed E-state index contributed by atoms with van der Waals surface area (Å²) in [6, 6.07) is 21.6. The highest BCUT2D eigenvalue weighted by molar-refractivity contribution is 5.91. The van der Waals surface area contributed by atoms with Crippen molar-refractivity contribution in [3.05, 3.63) is 96.6 Å². The average molecular weight is 643 g/mol. The minimum Gasteiger partial charge on any atom is -0.494 e. The molecule has 0 heterocycles. The number of ether oxygens (including phenoxy) is 4. The molecule has 1 atom stereocenters. The van der Waals surface area contributed by atoms with Crippen LogP contribution >= 0.6 is 0 Å². The second kappa shape index (κ2) is 21.4. The fraction of sp³-hybridized carbons (Fsp3) is 0.425. The van der Waals surface area contributed by atoms with Crippen molar-refractivity contribution in [1.82, 2.24) is 0 Å². The van der Waals surface area contributed by atoms with E-state index in [9.17, 15) is 14.4 Å². The number of hydrogen-bond donors (Lipinski definition) is 0. The lowest BCUT2D eigenvalue weighted by atomic mass is 10.0. The van der Waals surface area contributed by atoms with Crippen LogP contribution in [0.1, 0.15) is 105 Å². The van der Waals surface area contributed by atoms with E-state index in [1.807, 2.05) is 24.3 Å². The van der Waals surface area contributed by atoms with Crippen molar-refractivity contribution in [1.29, 1.82) is 0 Å². The van der Waals surface area contributed by atoms with Gasteiger partial charge in [0.25, 0.3) is 0 Å². The number of carbonyl (C=O) groups excluding carboxylic acids is 3. The van der Waals surface area contributed by atoms with E-state index in [0.717, 1.165) is 49.0 Å². The van der Waals surface area contributed by atoms with E-state index in [0.29, 0.717) is 42.6 Å². The molecule has 1 unspecified atom stereocenters. The van der Waals surface area contributed by atoms with Gasteiger partial charge in [0.2, 0.25) is 0 Å². The van der Waals surface area contributed by atoms with E-state index in [1.165, 1.54) is 44.6 Å². The summed E-state index contributed by atoms with van der Waals surface area (Å²) in [4.78, 5) is 35.9. The van der Waals surface area contributed by atoms with Gasteiger partial charge < -0.3 is 18.9 Å². The maximum absolute atomic E-state index is 12.7. The van der Waals surface area contributed by atoms with Crippen LogP contribution in [0.25, 0.3) is 11.1 Å². The summed E-state index contributed by atoms with van der Waals surface area (Å²) in [7, 11) is 0. The molecule has 3 aromatic carbocycles. The number of hydrogen-bond acceptors (Lipinski definition) is 7. The van der Waals surface area contributed by atoms with Crippen LogP contribution in [0.15, 0.2) is 85.5 Å². The first kappa shape index (κ1) is 37.1. The maximum atomic E-state index is 12.7. The fourth-order valence-corrected chi connectivity index (χ4v) is 4.83. The lowest BCUT2D eigenvalue weighted by Crippen LogP contribution is -2.11. The third-order valence-electron chi connectivity index (χ3n) is 8.02. The van der Waals surface area contributed by atoms with Gasteiger partial charge in [-0.05, 0) is 78.4 Å². The summed E-state index contributed by atoms with van der Waals surface area (Å²) in [5.41, 5.74) is 2.86. The predicted octanol–water partition coefficient (Wildman–Crippen LogP) is 9.78. The second-order valence-electron chi connectivity index (χ2n) is 11.9. The topological polar surface area (TPSA) is 88.1 Å². The van der Waals surface area contributed by atoms with E-state index in [-0.39, 0.29) is 11.9 Å². The highest BCUT2D eigenvalue weighted by atomic mass is 16.5. The average Bonchev–Trinajstić information content (AvgIpc) is 3.11. The molecule has 0 bridgehead atoms. The van der Waals surface area contributed by atoms with Crippen molar-refractivity contribution in [3.8, 4) is 22.6 Å². The van der Waals surface area contributed by atoms with Gasteiger partial charge in [-0.3, -0.25) is 0 Å². The third-order valence-corrected chi connectivity index (χ3v) is 8.02. The van der Waals surface area contributed by atoms with Gasteiger partial charge in [-0.1, -0.05) is 102 Å². The van der Waals surface area contributed by atoms with Crippen LogP contribution in [-0.2, 0) is 14.3 Å². The van der Waals surface area contributed by atoms with Gasteiger partial charge in [-0.15, -0.1) is 0 Å². The number of esters is 3. The van der Waals surface area contributed by atoms with Crippen molar-refractivity contribution < 1.29 is 33.3 Å². The fourth-order valence-electron chi connectivity index (χ4n) is 4.83. The van der Waals surface area contributed by atoms with Crippen molar-refractivity contribution >= 4 is 17.9 Å². The van der Waals surface area contributed by atoms with Gasteiger partial charge in [0.05, 0.1) is 30.9 Å². The Hall–Kier alpha value is -4.39. The van der Waals surface area contributed by atoms with E-state index >= 15 is 0 Å². The van der Waals surface area contributed by atoms with Crippen LogP contribution in [0.2, 0.25) is 0 Å². The molecule has 252 valence electrons. The van der Waals surface area contributed by atoms with Gasteiger partial charge in [0.1, 0.15) is 11.5 Å². The Labute approximate surface area is 280 Å². The molecular weight excluding hydrogens is 592 g/mol. The molecule has 0 amide bonds. The van der Waals surface area contributed by atoms with Crippen molar-refractivity contribution in [2.45, 2.75) is 84.5 Å². The highest BCUT2D eigenvalue weighted by Gasteiger charge is 2.11. The van der Waals surface area contributed by atoms with Crippen molar-refractivity contribution in [2.75, 3.05) is 19.8 Å². The predicted molar refractivity (Wildman–Crippen MR) is 186 cm³/mol. The molecule has 0 spiro atoms. The normalized spacial score (nSPS) is 11.4. The first-order valence-electron chi connectivity index (χ1n) is 17.0. The zero-order chi connectivity index (χ0) is 33.7. The second-order valence-corrected chi connectivity index (χ2v) is 11.9. The molecule has 0 aliphatic rings. The van der Waals surface area contributed by atoms with Gasteiger partial charge in [-0.2, -0.15) is 0 Å². The molecule has 7 nitrogen and oxygen atoms in total. The minimum absolute atomic E-state index is 0.316. The van der Waals surface area contributed by atoms with Gasteiger partial charge in [-0.25, -0.2) is 14.4 Å². The van der Waals surface area contributed by atoms with Crippen LogP contribution in [0.5, 0.6) is 11.5 Å². The number of carbonyl (C=O) groups is 3. The molecule has 7 heteroatoms. The Morgan fingerprint density at radius 1 is 0.617 bits per heavy atom. The molecule has 0 N–H and O–H groups in total. The van der Waals surface area contributed by atoms with Crippen LogP contribution in [0.4, 0.5) is 0 Å². The monoisotopic (exact) mass is 642 g/mol. The lowest BCUT2D eigenvalue weighted by Gasteiger charge is -2.10. The molecule has 0 saturated carbocycles. The quantitative estimate of drug-likeness (QED) is 0.0466. The summed E-state index contributed by atoms with van der Waals surface area (Å²) in [6.45, 7) is 9.06. The highest BCUT2D eigenvalue weighted by Crippen LogP contribution is 2.24. The third kappa shape index (κ3) is 14.3. The summed E-state index contributed by atoms with van der Waals surface area (Å²) >= 11 is 0. The summed E-state index contributed by atoms with van der Waals surface area (Å²) in [5.74, 6) is 0.434. The molecule has 0 fully saturated rings. The summed E-state index contributed by atoms with van der Waals surface area (Å²) in [5, 5.41) is 0. The molecule has 0 aliphatic heterocycles. The Kier molecular flexibility index (Phi) is 16.9. The molecule has 0 aliphatic carbocycles. The molecule has 0 aromatic heterocycles. The maximum Gasteiger partial charge on any atom is 0.343 e. The molecule has 0 saturated heterocycles. The minimum atomic E-state index is -0.432. The SMILES string of the molecule is C=CC(=O)OCCCCCCCCCCCCOc1ccc(C(=O)Oc2ccc(-c3ccc(C(=O)OCC(C)CC)cc3)cc2)cc1. The largest absolute Gasteiger partial charge is 0.494 e. The number of benzene rings is 3. The van der Waals surface area contributed by atoms with E-state index in [4.69, 9.17) is 18.9 Å². The first-order chi connectivity index (χ1) is 22.9. The number of unbranched alkanes of at least 4 members (excludes halogenated alkanes) is 9. The van der Waals surface area contributed by atoms with Crippen molar-refractivity contribution in [2.24, 2.45) is 5.92 Å². The van der Waals surface area contributed by atoms with Crippen LogP contribution in [0, 0.1) is 5.92 Å². The smallest absolute Gasteiger partial charge is 0.343 e. The summed E-state index contributed by atoms with van der Waals surface area (Å²) < 4.78 is 21.8. The Morgan fingerprint density at radius 3 is 1.64 bits per heavy atom. The van der Waals surface area contributed by atoms with Crippen molar-refractivity contribution in [3.63, 3.8) is 0 Å². The van der Waals surface area contributed by atoms with Crippen LogP contribution in [-0.4, -0.2) is 37.7 Å². The van der Waals surface area contributed by atoms with Gasteiger partial charge >= 0.3 is 17.9 Å². The zero-order valence-electron chi connectivity index (χ0n) is 28.0. The summed E-state index contributed by atoms with van der Waals surface area (Å²) in [6.07, 6.45) is 13.7. The first-order valence-corrected chi connectivity index (χ1v) is 17.0. The van der Waals surface area contributed by atoms with Gasteiger partial charge in [0, 0.05) is 6.08 Å². The Morgan fingerprint density at radius 2 is 1.09 bits per heavy atom. The molecule has 3 rings (SSSR count). The van der Waals surface area contributed by atoms with E-state index in [2.05, 4.69) is 20.4 Å². The van der Waals surface area contributed by atoms with E-state index in [1.54, 1.807) is 48.5 Å². The Bertz CT molecular complexity index is 1360. The van der Waals surface area contributed by atoms with E-state index < -0.39 is 5.97 Å².